The van der Waals surface area contributed by atoms with Crippen molar-refractivity contribution in [2.45, 2.75) is 57.4 Å². The highest BCUT2D eigenvalue weighted by atomic mass is 15.2. The maximum Gasteiger partial charge on any atom is 0.0357 e. The molecule has 3 nitrogen and oxygen atoms in total. The molecule has 1 heterocycles. The summed E-state index contributed by atoms with van der Waals surface area (Å²) >= 11 is 0. The van der Waals surface area contributed by atoms with Gasteiger partial charge >= 0.3 is 0 Å². The minimum atomic E-state index is 0.284. The molecule has 2 unspecified atom stereocenters. The molecule has 19 heavy (non-hydrogen) atoms. The molecule has 0 radical (unpaired) electrons. The lowest BCUT2D eigenvalue weighted by Gasteiger charge is -2.50. The predicted molar refractivity (Wildman–Crippen MR) is 82.3 cm³/mol. The van der Waals surface area contributed by atoms with Crippen LogP contribution in [0.5, 0.6) is 0 Å². The molecule has 1 aliphatic carbocycles. The molecule has 1 aliphatic heterocycles. The number of nitrogens with zero attached hydrogens (tertiary/aromatic N) is 2. The van der Waals surface area contributed by atoms with Crippen molar-refractivity contribution in [3.8, 4) is 0 Å². The molecule has 1 saturated carbocycles. The summed E-state index contributed by atoms with van der Waals surface area (Å²) in [7, 11) is 2.32. The van der Waals surface area contributed by atoms with Crippen molar-refractivity contribution in [1.29, 1.82) is 0 Å². The lowest BCUT2D eigenvalue weighted by atomic mass is 9.70. The highest BCUT2D eigenvalue weighted by molar-refractivity contribution is 4.98. The number of likely N-dealkylation sites (tertiary alicyclic amines) is 1. The second-order valence-electron chi connectivity index (χ2n) is 6.63. The molecule has 2 fully saturated rings. The first-order valence-electron chi connectivity index (χ1n) is 8.36. The third-order valence-corrected chi connectivity index (χ3v) is 5.73. The maximum absolute atomic E-state index is 6.23. The average Bonchev–Trinajstić information content (AvgIpc) is 2.97. The number of nitrogens with two attached hydrogens (primary N) is 1. The molecular weight excluding hydrogens is 234 g/mol. The van der Waals surface area contributed by atoms with Gasteiger partial charge in [0.15, 0.2) is 0 Å². The predicted octanol–water partition coefficient (Wildman–Crippen LogP) is 2.31. The highest BCUT2D eigenvalue weighted by Gasteiger charge is 2.41. The molecule has 2 atom stereocenters. The van der Waals surface area contributed by atoms with Crippen LogP contribution in [0.1, 0.15) is 51.9 Å². The van der Waals surface area contributed by atoms with Gasteiger partial charge in [0, 0.05) is 25.2 Å². The molecule has 2 aliphatic rings. The van der Waals surface area contributed by atoms with Crippen molar-refractivity contribution in [2.75, 3.05) is 39.8 Å². The lowest BCUT2D eigenvalue weighted by molar-refractivity contribution is 0.0187. The van der Waals surface area contributed by atoms with Crippen LogP contribution in [0.15, 0.2) is 0 Å². The van der Waals surface area contributed by atoms with E-state index >= 15 is 0 Å². The van der Waals surface area contributed by atoms with Gasteiger partial charge in [0.2, 0.25) is 0 Å². The van der Waals surface area contributed by atoms with Crippen molar-refractivity contribution >= 4 is 0 Å². The van der Waals surface area contributed by atoms with Gasteiger partial charge in [-0.3, -0.25) is 4.90 Å². The van der Waals surface area contributed by atoms with Crippen LogP contribution >= 0.6 is 0 Å². The normalized spacial score (nSPS) is 33.2. The van der Waals surface area contributed by atoms with Crippen molar-refractivity contribution in [3.63, 3.8) is 0 Å². The van der Waals surface area contributed by atoms with E-state index in [-0.39, 0.29) is 5.54 Å². The average molecular weight is 267 g/mol. The summed E-state index contributed by atoms with van der Waals surface area (Å²) in [6, 6.07) is 0. The van der Waals surface area contributed by atoms with E-state index in [0.717, 1.165) is 12.5 Å². The first-order valence-corrected chi connectivity index (χ1v) is 8.36. The van der Waals surface area contributed by atoms with Crippen LogP contribution in [0.3, 0.4) is 0 Å². The molecule has 0 aromatic carbocycles. The van der Waals surface area contributed by atoms with Crippen molar-refractivity contribution < 1.29 is 0 Å². The Labute approximate surface area is 119 Å². The van der Waals surface area contributed by atoms with Gasteiger partial charge in [-0.05, 0) is 51.7 Å². The van der Waals surface area contributed by atoms with Gasteiger partial charge in [0.05, 0.1) is 0 Å². The van der Waals surface area contributed by atoms with E-state index in [1.54, 1.807) is 0 Å². The second-order valence-corrected chi connectivity index (χ2v) is 6.63. The first-order chi connectivity index (χ1) is 9.23. The molecule has 3 heteroatoms. The zero-order valence-electron chi connectivity index (χ0n) is 13.0. The summed E-state index contributed by atoms with van der Waals surface area (Å²) in [5.41, 5.74) is 6.52. The third kappa shape index (κ3) is 3.32. The van der Waals surface area contributed by atoms with Gasteiger partial charge in [-0.25, -0.2) is 0 Å². The number of rotatable bonds is 6. The summed E-state index contributed by atoms with van der Waals surface area (Å²) in [6.45, 7) is 8.21. The fourth-order valence-electron chi connectivity index (χ4n) is 4.33. The molecule has 2 N–H and O–H groups in total. The molecule has 0 aromatic heterocycles. The summed E-state index contributed by atoms with van der Waals surface area (Å²) < 4.78 is 0. The molecular formula is C16H33N3. The fourth-order valence-corrected chi connectivity index (χ4v) is 4.33. The standard InChI is InChI=1S/C16H33N3/c1-3-15-8-4-5-9-16(15,14-17)18(2)12-13-19-10-6-7-11-19/h15H,3-14,17H2,1-2H3. The van der Waals surface area contributed by atoms with Crippen LogP contribution in [-0.4, -0.2) is 55.1 Å². The molecule has 1 saturated heterocycles. The van der Waals surface area contributed by atoms with Crippen molar-refractivity contribution in [3.05, 3.63) is 0 Å². The largest absolute Gasteiger partial charge is 0.329 e. The topological polar surface area (TPSA) is 32.5 Å². The molecule has 0 aromatic rings. The second kappa shape index (κ2) is 7.05. The number of hydrogen-bond acceptors (Lipinski definition) is 3. The van der Waals surface area contributed by atoms with E-state index < -0.39 is 0 Å². The number of hydrogen-bond donors (Lipinski definition) is 1. The van der Waals surface area contributed by atoms with Gasteiger partial charge < -0.3 is 10.6 Å². The van der Waals surface area contributed by atoms with E-state index in [1.165, 1.54) is 71.1 Å². The molecule has 0 bridgehead atoms. The smallest absolute Gasteiger partial charge is 0.0357 e. The Morgan fingerprint density at radius 1 is 1.21 bits per heavy atom. The van der Waals surface area contributed by atoms with Crippen molar-refractivity contribution in [2.24, 2.45) is 11.7 Å². The lowest BCUT2D eigenvalue weighted by Crippen LogP contribution is -2.59. The zero-order valence-corrected chi connectivity index (χ0v) is 13.0. The van der Waals surface area contributed by atoms with Crippen LogP contribution in [-0.2, 0) is 0 Å². The van der Waals surface area contributed by atoms with Gasteiger partial charge in [-0.15, -0.1) is 0 Å². The summed E-state index contributed by atoms with van der Waals surface area (Å²) in [5.74, 6) is 0.801. The van der Waals surface area contributed by atoms with Crippen LogP contribution < -0.4 is 5.73 Å². The molecule has 0 spiro atoms. The fraction of sp³-hybridized carbons (Fsp3) is 1.00. The monoisotopic (exact) mass is 267 g/mol. The quantitative estimate of drug-likeness (QED) is 0.801. The number of likely N-dealkylation sites (N-methyl/N-ethyl adjacent to an activating group) is 1. The Bertz CT molecular complexity index is 263. The minimum Gasteiger partial charge on any atom is -0.329 e. The summed E-state index contributed by atoms with van der Waals surface area (Å²) in [4.78, 5) is 5.23. The molecule has 2 rings (SSSR count). The third-order valence-electron chi connectivity index (χ3n) is 5.73. The molecule has 112 valence electrons. The van der Waals surface area contributed by atoms with Gasteiger partial charge in [-0.1, -0.05) is 26.2 Å². The Hall–Kier alpha value is -0.120. The van der Waals surface area contributed by atoms with Gasteiger partial charge in [-0.2, -0.15) is 0 Å². The van der Waals surface area contributed by atoms with E-state index in [4.69, 9.17) is 5.73 Å². The van der Waals surface area contributed by atoms with E-state index in [2.05, 4.69) is 23.8 Å². The van der Waals surface area contributed by atoms with Gasteiger partial charge in [0.25, 0.3) is 0 Å². The van der Waals surface area contributed by atoms with Crippen LogP contribution in [0.2, 0.25) is 0 Å². The first kappa shape index (κ1) is 15.3. The van der Waals surface area contributed by atoms with E-state index in [1.807, 2.05) is 0 Å². The Morgan fingerprint density at radius 3 is 2.58 bits per heavy atom. The van der Waals surface area contributed by atoms with Gasteiger partial charge in [0.1, 0.15) is 0 Å². The highest BCUT2D eigenvalue weighted by Crippen LogP contribution is 2.39. The maximum atomic E-state index is 6.23. The van der Waals surface area contributed by atoms with Crippen LogP contribution in [0, 0.1) is 5.92 Å². The van der Waals surface area contributed by atoms with E-state index in [9.17, 15) is 0 Å². The Balaban J connectivity index is 1.93. The zero-order chi connectivity index (χ0) is 13.7. The van der Waals surface area contributed by atoms with Crippen LogP contribution in [0.25, 0.3) is 0 Å². The summed E-state index contributed by atoms with van der Waals surface area (Å²) in [6.07, 6.45) is 9.51. The summed E-state index contributed by atoms with van der Waals surface area (Å²) in [5, 5.41) is 0. The minimum absolute atomic E-state index is 0.284. The Kier molecular flexibility index (Phi) is 5.67. The SMILES string of the molecule is CCC1CCCCC1(CN)N(C)CCN1CCCC1. The van der Waals surface area contributed by atoms with E-state index in [0.29, 0.717) is 0 Å². The van der Waals surface area contributed by atoms with Crippen molar-refractivity contribution in [1.82, 2.24) is 9.80 Å². The van der Waals surface area contributed by atoms with Crippen LogP contribution in [0.4, 0.5) is 0 Å². The Morgan fingerprint density at radius 2 is 1.95 bits per heavy atom. The molecule has 0 amide bonds.